The van der Waals surface area contributed by atoms with E-state index in [1.165, 1.54) is 11.3 Å². The lowest BCUT2D eigenvalue weighted by molar-refractivity contribution is -0.119. The molecular weight excluding hydrogens is 412 g/mol. The maximum Gasteiger partial charge on any atom is 0.224 e. The molecule has 0 saturated heterocycles. The fourth-order valence-corrected chi connectivity index (χ4v) is 4.89. The summed E-state index contributed by atoms with van der Waals surface area (Å²) >= 11 is 0. The number of hydrogen-bond donors (Lipinski definition) is 2. The van der Waals surface area contributed by atoms with Crippen molar-refractivity contribution in [2.75, 3.05) is 16.8 Å². The summed E-state index contributed by atoms with van der Waals surface area (Å²) in [7, 11) is 0. The Morgan fingerprint density at radius 3 is 2.61 bits per heavy atom. The van der Waals surface area contributed by atoms with Gasteiger partial charge in [-0.2, -0.15) is 4.98 Å². The quantitative estimate of drug-likeness (QED) is 0.606. The maximum atomic E-state index is 11.3. The maximum absolute atomic E-state index is 11.3. The largest absolute Gasteiger partial charge is 0.354 e. The van der Waals surface area contributed by atoms with Crippen molar-refractivity contribution in [3.05, 3.63) is 60.4 Å². The van der Waals surface area contributed by atoms with Crippen LogP contribution in [0.15, 0.2) is 54.9 Å². The van der Waals surface area contributed by atoms with E-state index in [4.69, 9.17) is 9.97 Å². The second kappa shape index (κ2) is 9.57. The van der Waals surface area contributed by atoms with Crippen LogP contribution >= 0.6 is 0 Å². The number of aryl methyl sites for hydroxylation is 1. The molecule has 3 aromatic rings. The normalized spacial score (nSPS) is 20.1. The molecule has 1 saturated carbocycles. The minimum absolute atomic E-state index is 0.0508. The van der Waals surface area contributed by atoms with Crippen LogP contribution in [0.5, 0.6) is 0 Å². The molecule has 1 aliphatic carbocycles. The van der Waals surface area contributed by atoms with Crippen LogP contribution in [-0.2, 0) is 11.2 Å². The van der Waals surface area contributed by atoms with Crippen LogP contribution < -0.4 is 15.5 Å². The number of carbonyl (C=O) groups excluding carboxylic acids is 1. The zero-order chi connectivity index (χ0) is 22.6. The Morgan fingerprint density at radius 1 is 1.03 bits per heavy atom. The average molecular weight is 443 g/mol. The molecule has 2 aliphatic rings. The minimum Gasteiger partial charge on any atom is -0.354 e. The van der Waals surface area contributed by atoms with E-state index in [1.54, 1.807) is 6.92 Å². The van der Waals surface area contributed by atoms with Crippen LogP contribution in [0.4, 0.5) is 17.5 Å². The van der Waals surface area contributed by atoms with Gasteiger partial charge in [0, 0.05) is 49.2 Å². The number of fused-ring (bicyclic) bond motifs is 1. The van der Waals surface area contributed by atoms with Crippen molar-refractivity contribution in [1.82, 2.24) is 20.3 Å². The van der Waals surface area contributed by atoms with Gasteiger partial charge in [0.25, 0.3) is 0 Å². The number of anilines is 3. The van der Waals surface area contributed by atoms with E-state index >= 15 is 0 Å². The molecule has 0 radical (unpaired) electrons. The second-order valence-electron chi connectivity index (χ2n) is 8.95. The van der Waals surface area contributed by atoms with E-state index in [-0.39, 0.29) is 11.9 Å². The molecule has 7 heteroatoms. The first-order valence-electron chi connectivity index (χ1n) is 11.8. The van der Waals surface area contributed by atoms with E-state index < -0.39 is 0 Å². The molecule has 33 heavy (non-hydrogen) atoms. The monoisotopic (exact) mass is 442 g/mol. The van der Waals surface area contributed by atoms with Gasteiger partial charge in [-0.05, 0) is 56.2 Å². The summed E-state index contributed by atoms with van der Waals surface area (Å²) in [4.78, 5) is 27.7. The number of carbonyl (C=O) groups is 1. The van der Waals surface area contributed by atoms with Crippen LogP contribution in [0.25, 0.3) is 11.3 Å². The predicted molar refractivity (Wildman–Crippen MR) is 131 cm³/mol. The molecule has 2 N–H and O–H groups in total. The summed E-state index contributed by atoms with van der Waals surface area (Å²) in [5.41, 5.74) is 4.52. The van der Waals surface area contributed by atoms with Gasteiger partial charge >= 0.3 is 0 Å². The van der Waals surface area contributed by atoms with Gasteiger partial charge in [-0.3, -0.25) is 9.78 Å². The Morgan fingerprint density at radius 2 is 1.82 bits per heavy atom. The van der Waals surface area contributed by atoms with Gasteiger partial charge < -0.3 is 15.5 Å². The first-order chi connectivity index (χ1) is 16.2. The number of nitrogens with zero attached hydrogens (tertiary/aromatic N) is 4. The van der Waals surface area contributed by atoms with Gasteiger partial charge in [0.1, 0.15) is 5.82 Å². The smallest absolute Gasteiger partial charge is 0.224 e. The van der Waals surface area contributed by atoms with Gasteiger partial charge in [-0.15, -0.1) is 0 Å². The third-order valence-electron chi connectivity index (χ3n) is 6.54. The molecule has 0 spiro atoms. The number of rotatable bonds is 5. The molecule has 0 unspecified atom stereocenters. The van der Waals surface area contributed by atoms with E-state index in [9.17, 15) is 4.79 Å². The zero-order valence-electron chi connectivity index (χ0n) is 19.0. The van der Waals surface area contributed by atoms with Crippen molar-refractivity contribution in [1.29, 1.82) is 0 Å². The highest BCUT2D eigenvalue weighted by Crippen LogP contribution is 2.35. The lowest BCUT2D eigenvalue weighted by Gasteiger charge is -2.31. The van der Waals surface area contributed by atoms with Gasteiger partial charge in [0.05, 0.1) is 5.69 Å². The third kappa shape index (κ3) is 4.97. The number of hydrogen-bond acceptors (Lipinski definition) is 6. The SMILES string of the molecule is CC(=O)N[C@H]1CC[C@H](Nc2nccc(N3CCCc4cnc(-c5ccccc5)cc43)n2)CC1. The van der Waals surface area contributed by atoms with Crippen LogP contribution in [0.1, 0.15) is 44.6 Å². The second-order valence-corrected chi connectivity index (χ2v) is 8.95. The van der Waals surface area contributed by atoms with E-state index in [2.05, 4.69) is 38.7 Å². The molecule has 2 aromatic heterocycles. The number of benzene rings is 1. The van der Waals surface area contributed by atoms with E-state index in [1.807, 2.05) is 36.7 Å². The van der Waals surface area contributed by atoms with Crippen LogP contribution in [0.3, 0.4) is 0 Å². The van der Waals surface area contributed by atoms with Crippen molar-refractivity contribution >= 4 is 23.4 Å². The number of pyridine rings is 1. The number of amides is 1. The average Bonchev–Trinajstić information content (AvgIpc) is 2.85. The Balaban J connectivity index is 1.33. The molecule has 170 valence electrons. The summed E-state index contributed by atoms with van der Waals surface area (Å²) in [6.45, 7) is 2.50. The summed E-state index contributed by atoms with van der Waals surface area (Å²) in [5.74, 6) is 1.63. The highest BCUT2D eigenvalue weighted by atomic mass is 16.1. The molecule has 1 aliphatic heterocycles. The lowest BCUT2D eigenvalue weighted by Crippen LogP contribution is -2.39. The molecule has 0 bridgehead atoms. The Hall–Kier alpha value is -3.48. The minimum atomic E-state index is 0.0508. The molecule has 1 aromatic carbocycles. The summed E-state index contributed by atoms with van der Waals surface area (Å²) in [6, 6.07) is 15.1. The van der Waals surface area contributed by atoms with E-state index in [0.717, 1.165) is 62.1 Å². The van der Waals surface area contributed by atoms with Gasteiger partial charge in [-0.1, -0.05) is 30.3 Å². The topological polar surface area (TPSA) is 83.0 Å². The summed E-state index contributed by atoms with van der Waals surface area (Å²) in [5, 5.41) is 6.56. The molecule has 0 atom stereocenters. The standard InChI is InChI=1S/C26H30N6O/c1-18(33)29-21-9-11-22(12-10-21)30-26-27-14-13-25(31-26)32-15-5-8-20-17-28-23(16-24(20)32)19-6-3-2-4-7-19/h2-4,6-7,13-14,16-17,21-22H,5,8-12,15H2,1H3,(H,29,33)(H,27,30,31)/t21-,22-. The Kier molecular flexibility index (Phi) is 6.19. The summed E-state index contributed by atoms with van der Waals surface area (Å²) < 4.78 is 0. The molecular formula is C26H30N6O. The first kappa shape index (κ1) is 21.4. The van der Waals surface area contributed by atoms with Crippen molar-refractivity contribution in [3.8, 4) is 11.3 Å². The van der Waals surface area contributed by atoms with Crippen molar-refractivity contribution in [2.24, 2.45) is 0 Å². The molecule has 1 fully saturated rings. The van der Waals surface area contributed by atoms with Crippen molar-refractivity contribution in [2.45, 2.75) is 57.5 Å². The molecule has 3 heterocycles. The first-order valence-corrected chi connectivity index (χ1v) is 11.8. The lowest BCUT2D eigenvalue weighted by atomic mass is 9.91. The highest BCUT2D eigenvalue weighted by Gasteiger charge is 2.24. The summed E-state index contributed by atoms with van der Waals surface area (Å²) in [6.07, 6.45) is 9.89. The Labute approximate surface area is 194 Å². The molecule has 5 rings (SSSR count). The van der Waals surface area contributed by atoms with E-state index in [0.29, 0.717) is 12.0 Å². The van der Waals surface area contributed by atoms with Crippen molar-refractivity contribution in [3.63, 3.8) is 0 Å². The van der Waals surface area contributed by atoms with Crippen molar-refractivity contribution < 1.29 is 4.79 Å². The van der Waals surface area contributed by atoms with Crippen LogP contribution in [0.2, 0.25) is 0 Å². The Bertz CT molecular complexity index is 1110. The molecule has 1 amide bonds. The fourth-order valence-electron chi connectivity index (χ4n) is 4.89. The van der Waals surface area contributed by atoms with Gasteiger partial charge in [-0.25, -0.2) is 4.98 Å². The highest BCUT2D eigenvalue weighted by molar-refractivity contribution is 5.73. The predicted octanol–water partition coefficient (Wildman–Crippen LogP) is 4.48. The zero-order valence-corrected chi connectivity index (χ0v) is 19.0. The van der Waals surface area contributed by atoms with Crippen LogP contribution in [-0.4, -0.2) is 39.5 Å². The third-order valence-corrected chi connectivity index (χ3v) is 6.54. The number of nitrogens with one attached hydrogen (secondary N) is 2. The fraction of sp³-hybridized carbons (Fsp3) is 0.385. The van der Waals surface area contributed by atoms with Crippen LogP contribution in [0, 0.1) is 0 Å². The molecule has 7 nitrogen and oxygen atoms in total. The number of aromatic nitrogens is 3. The van der Waals surface area contributed by atoms with Gasteiger partial charge in [0.2, 0.25) is 11.9 Å². The van der Waals surface area contributed by atoms with Gasteiger partial charge in [0.15, 0.2) is 0 Å².